The summed E-state index contributed by atoms with van der Waals surface area (Å²) in [4.78, 5) is 0. The molecule has 0 aromatic heterocycles. The first kappa shape index (κ1) is 12.0. The highest BCUT2D eigenvalue weighted by Crippen LogP contribution is 2.25. The lowest BCUT2D eigenvalue weighted by atomic mass is 9.97. The molecule has 84 valence electrons. The summed E-state index contributed by atoms with van der Waals surface area (Å²) in [5.74, 6) is 0.846. The molecule has 0 aliphatic rings. The molecule has 0 aliphatic carbocycles. The standard InChI is InChI=1S/C12H20N2O/c1-8(2)3-9-4-10(6-13)12(15)11(5-9)7-14/h4-5,8,15H,3,6-7,13-14H2,1-2H3. The molecule has 0 bridgehead atoms. The van der Waals surface area contributed by atoms with Crippen molar-refractivity contribution >= 4 is 0 Å². The van der Waals surface area contributed by atoms with Crippen LogP contribution >= 0.6 is 0 Å². The monoisotopic (exact) mass is 208 g/mol. The predicted molar refractivity (Wildman–Crippen MR) is 62.4 cm³/mol. The Morgan fingerprint density at radius 2 is 1.60 bits per heavy atom. The largest absolute Gasteiger partial charge is 0.507 e. The van der Waals surface area contributed by atoms with E-state index in [1.54, 1.807) is 0 Å². The number of nitrogens with two attached hydrogens (primary N) is 2. The Morgan fingerprint density at radius 1 is 1.13 bits per heavy atom. The summed E-state index contributed by atoms with van der Waals surface area (Å²) in [7, 11) is 0. The van der Waals surface area contributed by atoms with Crippen molar-refractivity contribution in [1.29, 1.82) is 0 Å². The van der Waals surface area contributed by atoms with E-state index in [-0.39, 0.29) is 5.75 Å². The van der Waals surface area contributed by atoms with E-state index in [1.165, 1.54) is 5.56 Å². The lowest BCUT2D eigenvalue weighted by Crippen LogP contribution is -2.05. The molecule has 3 heteroatoms. The van der Waals surface area contributed by atoms with Crippen LogP contribution in [0.5, 0.6) is 5.75 Å². The van der Waals surface area contributed by atoms with Crippen LogP contribution in [-0.2, 0) is 19.5 Å². The van der Waals surface area contributed by atoms with Gasteiger partial charge in [-0.25, -0.2) is 0 Å². The molecule has 0 unspecified atom stereocenters. The molecule has 0 amide bonds. The number of hydrogen-bond acceptors (Lipinski definition) is 3. The topological polar surface area (TPSA) is 72.3 Å². The van der Waals surface area contributed by atoms with Gasteiger partial charge in [0.1, 0.15) is 5.75 Å². The Labute approximate surface area is 91.1 Å². The second-order valence-electron chi connectivity index (χ2n) is 4.27. The molecule has 5 N–H and O–H groups in total. The molecule has 15 heavy (non-hydrogen) atoms. The Kier molecular flexibility index (Phi) is 4.12. The van der Waals surface area contributed by atoms with Gasteiger partial charge in [0.05, 0.1) is 0 Å². The minimum Gasteiger partial charge on any atom is -0.507 e. The van der Waals surface area contributed by atoms with Gasteiger partial charge in [-0.05, 0) is 17.9 Å². The Balaban J connectivity index is 3.09. The molecule has 3 nitrogen and oxygen atoms in total. The Bertz CT molecular complexity index is 309. The van der Waals surface area contributed by atoms with Crippen molar-refractivity contribution in [3.05, 3.63) is 28.8 Å². The summed E-state index contributed by atoms with van der Waals surface area (Å²) in [6.07, 6.45) is 0.986. The highest BCUT2D eigenvalue weighted by molar-refractivity contribution is 5.43. The van der Waals surface area contributed by atoms with E-state index in [0.29, 0.717) is 19.0 Å². The van der Waals surface area contributed by atoms with Crippen LogP contribution in [0.2, 0.25) is 0 Å². The molecule has 0 atom stereocenters. The van der Waals surface area contributed by atoms with Gasteiger partial charge in [-0.2, -0.15) is 0 Å². The number of phenolic OH excluding ortho intramolecular Hbond substituents is 1. The van der Waals surface area contributed by atoms with Gasteiger partial charge in [-0.15, -0.1) is 0 Å². The maximum atomic E-state index is 9.79. The van der Waals surface area contributed by atoms with Crippen LogP contribution in [0.4, 0.5) is 0 Å². The number of rotatable bonds is 4. The molecule has 0 saturated carbocycles. The number of hydrogen-bond donors (Lipinski definition) is 3. The van der Waals surface area contributed by atoms with Crippen LogP contribution in [-0.4, -0.2) is 5.11 Å². The van der Waals surface area contributed by atoms with E-state index < -0.39 is 0 Å². The van der Waals surface area contributed by atoms with Crippen LogP contribution in [0.1, 0.15) is 30.5 Å². The van der Waals surface area contributed by atoms with Gasteiger partial charge in [0.2, 0.25) is 0 Å². The minimum absolute atomic E-state index is 0.257. The van der Waals surface area contributed by atoms with Gasteiger partial charge in [-0.1, -0.05) is 26.0 Å². The van der Waals surface area contributed by atoms with Crippen LogP contribution in [0.25, 0.3) is 0 Å². The molecule has 0 heterocycles. The Morgan fingerprint density at radius 3 is 1.93 bits per heavy atom. The summed E-state index contributed by atoms with van der Waals surface area (Å²) in [6, 6.07) is 3.93. The van der Waals surface area contributed by atoms with Crippen molar-refractivity contribution < 1.29 is 5.11 Å². The maximum absolute atomic E-state index is 9.79. The van der Waals surface area contributed by atoms with Crippen molar-refractivity contribution in [2.75, 3.05) is 0 Å². The second kappa shape index (κ2) is 5.14. The highest BCUT2D eigenvalue weighted by Gasteiger charge is 2.08. The minimum atomic E-state index is 0.257. The first-order valence-electron chi connectivity index (χ1n) is 5.32. The zero-order chi connectivity index (χ0) is 11.4. The van der Waals surface area contributed by atoms with Gasteiger partial charge in [0.25, 0.3) is 0 Å². The SMILES string of the molecule is CC(C)Cc1cc(CN)c(O)c(CN)c1. The molecular formula is C12H20N2O. The molecule has 0 aliphatic heterocycles. The fourth-order valence-electron chi connectivity index (χ4n) is 1.73. The van der Waals surface area contributed by atoms with Gasteiger partial charge in [0.15, 0.2) is 0 Å². The molecule has 1 aromatic rings. The lowest BCUT2D eigenvalue weighted by molar-refractivity contribution is 0.460. The molecular weight excluding hydrogens is 188 g/mol. The quantitative estimate of drug-likeness (QED) is 0.702. The zero-order valence-electron chi connectivity index (χ0n) is 9.46. The van der Waals surface area contributed by atoms with Gasteiger partial charge >= 0.3 is 0 Å². The third-order valence-corrected chi connectivity index (χ3v) is 2.41. The van der Waals surface area contributed by atoms with Crippen molar-refractivity contribution in [2.45, 2.75) is 33.4 Å². The molecule has 0 radical (unpaired) electrons. The molecule has 0 spiro atoms. The second-order valence-corrected chi connectivity index (χ2v) is 4.27. The van der Waals surface area contributed by atoms with Crippen LogP contribution < -0.4 is 11.5 Å². The first-order chi connectivity index (χ1) is 7.08. The molecule has 1 aromatic carbocycles. The van der Waals surface area contributed by atoms with E-state index in [2.05, 4.69) is 13.8 Å². The van der Waals surface area contributed by atoms with Gasteiger partial charge < -0.3 is 16.6 Å². The average molecular weight is 208 g/mol. The van der Waals surface area contributed by atoms with Crippen LogP contribution in [0.3, 0.4) is 0 Å². The molecule has 0 saturated heterocycles. The summed E-state index contributed by atoms with van der Waals surface area (Å²) in [6.45, 7) is 5.03. The summed E-state index contributed by atoms with van der Waals surface area (Å²) in [5.41, 5.74) is 13.9. The third-order valence-electron chi connectivity index (χ3n) is 2.41. The Hall–Kier alpha value is -1.06. The maximum Gasteiger partial charge on any atom is 0.124 e. The summed E-state index contributed by atoms with van der Waals surface area (Å²) < 4.78 is 0. The average Bonchev–Trinajstić information content (AvgIpc) is 2.19. The van der Waals surface area contributed by atoms with Gasteiger partial charge in [-0.3, -0.25) is 0 Å². The van der Waals surface area contributed by atoms with E-state index in [0.717, 1.165) is 17.5 Å². The number of phenols is 1. The normalized spacial score (nSPS) is 11.0. The summed E-state index contributed by atoms with van der Waals surface area (Å²) >= 11 is 0. The fourth-order valence-corrected chi connectivity index (χ4v) is 1.73. The van der Waals surface area contributed by atoms with E-state index in [1.807, 2.05) is 12.1 Å². The van der Waals surface area contributed by atoms with Crippen molar-refractivity contribution in [3.63, 3.8) is 0 Å². The van der Waals surface area contributed by atoms with E-state index in [4.69, 9.17) is 11.5 Å². The fraction of sp³-hybridized carbons (Fsp3) is 0.500. The molecule has 1 rings (SSSR count). The van der Waals surface area contributed by atoms with Crippen LogP contribution in [0.15, 0.2) is 12.1 Å². The first-order valence-corrected chi connectivity index (χ1v) is 5.32. The zero-order valence-corrected chi connectivity index (χ0v) is 9.46. The highest BCUT2D eigenvalue weighted by atomic mass is 16.3. The van der Waals surface area contributed by atoms with E-state index >= 15 is 0 Å². The van der Waals surface area contributed by atoms with Crippen molar-refractivity contribution in [3.8, 4) is 5.75 Å². The van der Waals surface area contributed by atoms with Crippen molar-refractivity contribution in [1.82, 2.24) is 0 Å². The predicted octanol–water partition coefficient (Wildman–Crippen LogP) is 1.51. The van der Waals surface area contributed by atoms with Crippen molar-refractivity contribution in [2.24, 2.45) is 17.4 Å². The van der Waals surface area contributed by atoms with E-state index in [9.17, 15) is 5.11 Å². The number of aromatic hydroxyl groups is 1. The third kappa shape index (κ3) is 2.94. The van der Waals surface area contributed by atoms with Crippen LogP contribution in [0, 0.1) is 5.92 Å². The summed E-state index contributed by atoms with van der Waals surface area (Å²) in [5, 5.41) is 9.79. The smallest absolute Gasteiger partial charge is 0.124 e. The number of benzene rings is 1. The molecule has 0 fully saturated rings. The lowest BCUT2D eigenvalue weighted by Gasteiger charge is -2.12. The van der Waals surface area contributed by atoms with Gasteiger partial charge in [0, 0.05) is 24.2 Å².